The smallest absolute Gasteiger partial charge is 0.231 e. The molecule has 2 heterocycles. The Morgan fingerprint density at radius 3 is 2.82 bits per heavy atom. The lowest BCUT2D eigenvalue weighted by Gasteiger charge is -2.23. The van der Waals surface area contributed by atoms with Gasteiger partial charge in [-0.25, -0.2) is 4.98 Å². The normalized spacial score (nSPS) is 15.3. The highest BCUT2D eigenvalue weighted by atomic mass is 127. The number of aromatic nitrogens is 1. The van der Waals surface area contributed by atoms with E-state index in [4.69, 9.17) is 10.00 Å². The van der Waals surface area contributed by atoms with Crippen LogP contribution in [0.3, 0.4) is 0 Å². The van der Waals surface area contributed by atoms with Crippen molar-refractivity contribution in [3.8, 4) is 11.9 Å². The van der Waals surface area contributed by atoms with Crippen LogP contribution in [0.5, 0.6) is 5.88 Å². The molecular weight excluding hydrogens is 328 g/mol. The molecule has 0 unspecified atom stereocenters. The number of ether oxygens (including phenoxy) is 1. The van der Waals surface area contributed by atoms with Crippen LogP contribution >= 0.6 is 22.4 Å². The number of hydrogen-bond donors (Lipinski definition) is 1. The first-order chi connectivity index (χ1) is 8.40. The van der Waals surface area contributed by atoms with E-state index in [2.05, 4.69) is 22.1 Å². The topological polar surface area (TPSA) is 57.9 Å². The summed E-state index contributed by atoms with van der Waals surface area (Å²) in [5.41, 5.74) is 4.98. The number of hydrogen-bond acceptors (Lipinski definition) is 4. The largest absolute Gasteiger partial charge is 0.473 e. The van der Waals surface area contributed by atoms with Gasteiger partial charge in [-0.2, -0.15) is 27.6 Å². The first kappa shape index (κ1) is 14.3. The number of rotatable bonds is 2. The molecule has 0 amide bonds. The monoisotopic (exact) mass is 341 g/mol. The average molecular weight is 341 g/mol. The molecule has 4 nitrogen and oxygen atoms in total. The SMILES string of the molecule is N#Cc1cccnc1OC1CCNCC1.[B]I. The van der Waals surface area contributed by atoms with Crippen molar-refractivity contribution in [1.82, 2.24) is 10.3 Å². The van der Waals surface area contributed by atoms with Gasteiger partial charge in [-0.1, -0.05) is 0 Å². The molecule has 0 aromatic carbocycles. The Labute approximate surface area is 116 Å². The van der Waals surface area contributed by atoms with Crippen LogP contribution in [0, 0.1) is 11.3 Å². The van der Waals surface area contributed by atoms with Crippen molar-refractivity contribution in [2.45, 2.75) is 18.9 Å². The molecule has 2 rings (SSSR count). The predicted molar refractivity (Wildman–Crippen MR) is 75.2 cm³/mol. The molecule has 1 aliphatic rings. The van der Waals surface area contributed by atoms with Gasteiger partial charge in [0, 0.05) is 6.20 Å². The van der Waals surface area contributed by atoms with Crippen molar-refractivity contribution in [2.24, 2.45) is 0 Å². The molecule has 0 spiro atoms. The Morgan fingerprint density at radius 2 is 2.18 bits per heavy atom. The van der Waals surface area contributed by atoms with Crippen molar-refractivity contribution in [3.05, 3.63) is 23.9 Å². The third-order valence-electron chi connectivity index (χ3n) is 2.46. The van der Waals surface area contributed by atoms with Crippen LogP contribution in [0.1, 0.15) is 18.4 Å². The summed E-state index contributed by atoms with van der Waals surface area (Å²) in [6, 6.07) is 5.55. The average Bonchev–Trinajstić information content (AvgIpc) is 2.43. The summed E-state index contributed by atoms with van der Waals surface area (Å²) >= 11 is 1.65. The third kappa shape index (κ3) is 4.52. The summed E-state index contributed by atoms with van der Waals surface area (Å²) in [4.78, 5) is 4.08. The van der Waals surface area contributed by atoms with Crippen LogP contribution in [0.2, 0.25) is 0 Å². The number of pyridine rings is 1. The van der Waals surface area contributed by atoms with Gasteiger partial charge in [-0.15, -0.1) is 0 Å². The Balaban J connectivity index is 0.000000686. The number of nitrogens with one attached hydrogen (secondary N) is 1. The fraction of sp³-hybridized carbons (Fsp3) is 0.455. The van der Waals surface area contributed by atoms with Gasteiger partial charge in [-0.3, -0.25) is 0 Å². The number of halogens is 1. The molecular formula is C11H13BIN3O. The van der Waals surface area contributed by atoms with Gasteiger partial charge >= 0.3 is 0 Å². The van der Waals surface area contributed by atoms with Crippen molar-refractivity contribution in [2.75, 3.05) is 13.1 Å². The molecule has 1 saturated heterocycles. The summed E-state index contributed by atoms with van der Waals surface area (Å²) in [6.07, 6.45) is 3.79. The highest BCUT2D eigenvalue weighted by Crippen LogP contribution is 2.17. The standard InChI is InChI=1S/C11H13N3O.BI/c12-8-9-2-1-5-14-11(9)15-10-3-6-13-7-4-10;1-2/h1-2,5,10,13H,3-4,6-7H2;. The van der Waals surface area contributed by atoms with E-state index in [1.54, 1.807) is 40.7 Å². The summed E-state index contributed by atoms with van der Waals surface area (Å²) < 4.78 is 5.70. The van der Waals surface area contributed by atoms with E-state index >= 15 is 0 Å². The van der Waals surface area contributed by atoms with E-state index in [9.17, 15) is 0 Å². The first-order valence-electron chi connectivity index (χ1n) is 5.34. The molecule has 0 bridgehead atoms. The fourth-order valence-electron chi connectivity index (χ4n) is 1.64. The van der Waals surface area contributed by atoms with Crippen LogP contribution < -0.4 is 10.1 Å². The van der Waals surface area contributed by atoms with Gasteiger partial charge < -0.3 is 10.1 Å². The van der Waals surface area contributed by atoms with Crippen molar-refractivity contribution in [3.63, 3.8) is 0 Å². The Morgan fingerprint density at radius 1 is 1.47 bits per heavy atom. The van der Waals surface area contributed by atoms with Crippen molar-refractivity contribution < 1.29 is 4.74 Å². The van der Waals surface area contributed by atoms with Crippen LogP contribution in [-0.2, 0) is 0 Å². The zero-order valence-corrected chi connectivity index (χ0v) is 11.6. The summed E-state index contributed by atoms with van der Waals surface area (Å²) in [5.74, 6) is 0.465. The van der Waals surface area contributed by atoms with E-state index in [-0.39, 0.29) is 6.10 Å². The second-order valence-corrected chi connectivity index (χ2v) is 3.54. The zero-order chi connectivity index (χ0) is 12.5. The Hall–Kier alpha value is -0.805. The van der Waals surface area contributed by atoms with E-state index in [1.165, 1.54) is 0 Å². The highest BCUT2D eigenvalue weighted by Gasteiger charge is 2.16. The molecule has 6 heteroatoms. The molecule has 17 heavy (non-hydrogen) atoms. The summed E-state index contributed by atoms with van der Waals surface area (Å²) in [6.45, 7) is 1.94. The van der Waals surface area contributed by atoms with Gasteiger partial charge in [0.15, 0.2) is 5.70 Å². The Kier molecular flexibility index (Phi) is 6.97. The summed E-state index contributed by atoms with van der Waals surface area (Å²) in [7, 11) is 0. The molecule has 0 atom stereocenters. The highest BCUT2D eigenvalue weighted by molar-refractivity contribution is 14.1. The quantitative estimate of drug-likeness (QED) is 0.656. The maximum Gasteiger partial charge on any atom is 0.231 e. The lowest BCUT2D eigenvalue weighted by Crippen LogP contribution is -2.34. The molecule has 1 N–H and O–H groups in total. The molecule has 1 aromatic heterocycles. The third-order valence-corrected chi connectivity index (χ3v) is 2.46. The van der Waals surface area contributed by atoms with Crippen LogP contribution in [-0.4, -0.2) is 29.9 Å². The molecule has 1 aromatic rings. The maximum atomic E-state index is 8.87. The minimum Gasteiger partial charge on any atom is -0.473 e. The first-order valence-corrected chi connectivity index (χ1v) is 6.59. The molecule has 0 aliphatic carbocycles. The molecule has 0 saturated carbocycles. The van der Waals surface area contributed by atoms with E-state index in [1.807, 2.05) is 0 Å². The lowest BCUT2D eigenvalue weighted by atomic mass is 10.1. The van der Waals surface area contributed by atoms with Crippen molar-refractivity contribution >= 4 is 28.1 Å². The van der Waals surface area contributed by atoms with Crippen LogP contribution in [0.25, 0.3) is 0 Å². The number of nitriles is 1. The van der Waals surface area contributed by atoms with Crippen LogP contribution in [0.4, 0.5) is 0 Å². The van der Waals surface area contributed by atoms with Gasteiger partial charge in [0.2, 0.25) is 5.88 Å². The van der Waals surface area contributed by atoms with Gasteiger partial charge in [0.25, 0.3) is 0 Å². The molecule has 88 valence electrons. The zero-order valence-electron chi connectivity index (χ0n) is 9.40. The second kappa shape index (κ2) is 8.31. The van der Waals surface area contributed by atoms with E-state index < -0.39 is 0 Å². The minimum absolute atomic E-state index is 0.188. The summed E-state index contributed by atoms with van der Waals surface area (Å²) in [5, 5.41) is 12.1. The predicted octanol–water partition coefficient (Wildman–Crippen LogP) is 1.59. The van der Waals surface area contributed by atoms with Gasteiger partial charge in [-0.05, 0) is 38.1 Å². The van der Waals surface area contributed by atoms with Crippen LogP contribution in [0.15, 0.2) is 18.3 Å². The van der Waals surface area contributed by atoms with Crippen molar-refractivity contribution in [1.29, 1.82) is 5.26 Å². The molecule has 1 fully saturated rings. The minimum atomic E-state index is 0.188. The fourth-order valence-corrected chi connectivity index (χ4v) is 1.64. The lowest BCUT2D eigenvalue weighted by molar-refractivity contribution is 0.155. The second-order valence-electron chi connectivity index (χ2n) is 3.54. The van der Waals surface area contributed by atoms with E-state index in [0.29, 0.717) is 11.4 Å². The Bertz CT molecular complexity index is 377. The van der Waals surface area contributed by atoms with Gasteiger partial charge in [0.1, 0.15) is 17.7 Å². The van der Waals surface area contributed by atoms with Gasteiger partial charge in [0.05, 0.1) is 0 Å². The van der Waals surface area contributed by atoms with E-state index in [0.717, 1.165) is 25.9 Å². The molecule has 1 aliphatic heterocycles. The number of piperidine rings is 1. The maximum absolute atomic E-state index is 8.87. The molecule has 2 radical (unpaired) electrons. The number of nitrogens with zero attached hydrogens (tertiary/aromatic N) is 2.